The second-order valence-corrected chi connectivity index (χ2v) is 2.80. The zero-order chi connectivity index (χ0) is 8.39. The highest BCUT2D eigenvalue weighted by atomic mass is 32.1. The van der Waals surface area contributed by atoms with E-state index in [2.05, 4.69) is 17.9 Å². The van der Waals surface area contributed by atoms with Gasteiger partial charge in [-0.3, -0.25) is 0 Å². The van der Waals surface area contributed by atoms with Crippen LogP contribution in [0.2, 0.25) is 0 Å². The van der Waals surface area contributed by atoms with E-state index in [0.29, 0.717) is 0 Å². The molecule has 3 nitrogen and oxygen atoms in total. The Hall–Kier alpha value is -1.00. The van der Waals surface area contributed by atoms with Crippen LogP contribution < -0.4 is 0 Å². The van der Waals surface area contributed by atoms with Gasteiger partial charge in [-0.25, -0.2) is 4.84 Å². The summed E-state index contributed by atoms with van der Waals surface area (Å²) in [5.74, 6) is 0. The van der Waals surface area contributed by atoms with Crippen molar-refractivity contribution in [3.8, 4) is 0 Å². The summed E-state index contributed by atoms with van der Waals surface area (Å²) < 4.78 is 1.16. The highest BCUT2D eigenvalue weighted by Crippen LogP contribution is 2.22. The lowest BCUT2D eigenvalue weighted by Gasteiger charge is -2.08. The van der Waals surface area contributed by atoms with Crippen LogP contribution in [-0.2, 0) is 4.84 Å². The van der Waals surface area contributed by atoms with Crippen molar-refractivity contribution in [2.75, 3.05) is 0 Å². The molecule has 2 rings (SSSR count). The summed E-state index contributed by atoms with van der Waals surface area (Å²) in [4.78, 5) is 5.22. The van der Waals surface area contributed by atoms with Crippen molar-refractivity contribution in [1.82, 2.24) is 4.58 Å². The van der Waals surface area contributed by atoms with E-state index in [1.165, 1.54) is 0 Å². The van der Waals surface area contributed by atoms with Crippen molar-refractivity contribution < 1.29 is 4.84 Å². The minimum absolute atomic E-state index is 0.0938. The SMILES string of the molecule is SN1N=CC(c2ccccc2)O1. The fourth-order valence-electron chi connectivity index (χ4n) is 1.06. The van der Waals surface area contributed by atoms with Crippen LogP contribution in [0, 0.1) is 0 Å². The topological polar surface area (TPSA) is 24.8 Å². The van der Waals surface area contributed by atoms with Crippen LogP contribution >= 0.6 is 12.8 Å². The van der Waals surface area contributed by atoms with Crippen LogP contribution in [0.4, 0.5) is 0 Å². The Bertz CT molecular complexity index is 288. The average Bonchev–Trinajstić information content (AvgIpc) is 2.54. The van der Waals surface area contributed by atoms with Crippen molar-refractivity contribution in [1.29, 1.82) is 0 Å². The molecule has 1 heterocycles. The molecule has 0 amide bonds. The smallest absolute Gasteiger partial charge is 0.150 e. The van der Waals surface area contributed by atoms with E-state index in [4.69, 9.17) is 4.84 Å². The Morgan fingerprint density at radius 3 is 2.67 bits per heavy atom. The van der Waals surface area contributed by atoms with Crippen LogP contribution in [0.25, 0.3) is 0 Å². The number of hydrazone groups is 1. The third-order valence-electron chi connectivity index (χ3n) is 1.64. The fourth-order valence-corrected chi connectivity index (χ4v) is 1.22. The summed E-state index contributed by atoms with van der Waals surface area (Å²) in [6, 6.07) is 9.88. The van der Waals surface area contributed by atoms with Gasteiger partial charge in [0.2, 0.25) is 0 Å². The summed E-state index contributed by atoms with van der Waals surface area (Å²) in [6.45, 7) is 0. The number of hydrogen-bond donors (Lipinski definition) is 1. The minimum atomic E-state index is -0.0938. The normalized spacial score (nSPS) is 21.8. The standard InChI is InChI=1S/C8H8N2OS/c12-10-9-6-8(11-10)7-4-2-1-3-5-7/h1-6,8,12H. The zero-order valence-electron chi connectivity index (χ0n) is 6.29. The maximum absolute atomic E-state index is 5.22. The molecule has 1 atom stereocenters. The largest absolute Gasteiger partial charge is 0.232 e. The molecule has 4 heteroatoms. The fraction of sp³-hybridized carbons (Fsp3) is 0.125. The first kappa shape index (κ1) is 7.64. The summed E-state index contributed by atoms with van der Waals surface area (Å²) in [5.41, 5.74) is 1.08. The summed E-state index contributed by atoms with van der Waals surface area (Å²) >= 11 is 3.92. The van der Waals surface area contributed by atoms with E-state index >= 15 is 0 Å². The van der Waals surface area contributed by atoms with Crippen LogP contribution in [0.5, 0.6) is 0 Å². The highest BCUT2D eigenvalue weighted by Gasteiger charge is 2.17. The van der Waals surface area contributed by atoms with Crippen molar-refractivity contribution >= 4 is 19.0 Å². The van der Waals surface area contributed by atoms with Crippen LogP contribution in [0.1, 0.15) is 11.7 Å². The molecule has 1 aromatic carbocycles. The molecule has 0 fully saturated rings. The molecule has 62 valence electrons. The monoisotopic (exact) mass is 180 g/mol. The molecule has 1 unspecified atom stereocenters. The Morgan fingerprint density at radius 2 is 2.08 bits per heavy atom. The van der Waals surface area contributed by atoms with E-state index in [-0.39, 0.29) is 6.10 Å². The molecule has 12 heavy (non-hydrogen) atoms. The first-order valence-electron chi connectivity index (χ1n) is 3.61. The minimum Gasteiger partial charge on any atom is -0.232 e. The van der Waals surface area contributed by atoms with E-state index in [1.807, 2.05) is 30.3 Å². The first-order valence-corrected chi connectivity index (χ1v) is 4.01. The Balaban J connectivity index is 2.18. The lowest BCUT2D eigenvalue weighted by molar-refractivity contribution is -0.0748. The summed E-state index contributed by atoms with van der Waals surface area (Å²) in [7, 11) is 0. The second-order valence-electron chi connectivity index (χ2n) is 2.45. The van der Waals surface area contributed by atoms with Gasteiger partial charge in [-0.2, -0.15) is 0 Å². The predicted molar refractivity (Wildman–Crippen MR) is 49.6 cm³/mol. The summed E-state index contributed by atoms with van der Waals surface area (Å²) in [6.07, 6.45) is 1.62. The molecule has 1 aliphatic heterocycles. The number of rotatable bonds is 1. The molecule has 0 bridgehead atoms. The Labute approximate surface area is 76.1 Å². The molecule has 1 aromatic rings. The van der Waals surface area contributed by atoms with Crippen molar-refractivity contribution in [3.05, 3.63) is 35.9 Å². The average molecular weight is 180 g/mol. The number of hydrogen-bond acceptors (Lipinski definition) is 4. The lowest BCUT2D eigenvalue weighted by Crippen LogP contribution is -2.03. The Kier molecular flexibility index (Phi) is 2.01. The molecular formula is C8H8N2OS. The summed E-state index contributed by atoms with van der Waals surface area (Å²) in [5, 5.41) is 3.84. The predicted octanol–water partition coefficient (Wildman–Crippen LogP) is 1.81. The maximum Gasteiger partial charge on any atom is 0.150 e. The first-order chi connectivity index (χ1) is 5.86. The molecule has 0 N–H and O–H groups in total. The second kappa shape index (κ2) is 3.16. The molecule has 0 aromatic heterocycles. The van der Waals surface area contributed by atoms with Gasteiger partial charge in [0.05, 0.1) is 6.21 Å². The highest BCUT2D eigenvalue weighted by molar-refractivity contribution is 7.77. The van der Waals surface area contributed by atoms with Crippen molar-refractivity contribution in [2.24, 2.45) is 5.10 Å². The quantitative estimate of drug-likeness (QED) is 0.667. The zero-order valence-corrected chi connectivity index (χ0v) is 7.19. The van der Waals surface area contributed by atoms with Gasteiger partial charge < -0.3 is 0 Å². The number of nitrogens with zero attached hydrogens (tertiary/aromatic N) is 2. The van der Waals surface area contributed by atoms with Gasteiger partial charge in [-0.05, 0) is 18.4 Å². The number of thiol groups is 1. The lowest BCUT2D eigenvalue weighted by atomic mass is 10.1. The molecule has 0 saturated heterocycles. The van der Waals surface area contributed by atoms with Gasteiger partial charge in [0.15, 0.2) is 6.10 Å². The third-order valence-corrected chi connectivity index (χ3v) is 1.83. The molecule has 0 radical (unpaired) electrons. The van der Waals surface area contributed by atoms with Gasteiger partial charge in [0.25, 0.3) is 0 Å². The van der Waals surface area contributed by atoms with Crippen LogP contribution in [-0.4, -0.2) is 10.8 Å². The van der Waals surface area contributed by atoms with E-state index < -0.39 is 0 Å². The van der Waals surface area contributed by atoms with Gasteiger partial charge >= 0.3 is 0 Å². The van der Waals surface area contributed by atoms with Crippen molar-refractivity contribution in [3.63, 3.8) is 0 Å². The van der Waals surface area contributed by atoms with E-state index in [1.54, 1.807) is 6.21 Å². The third kappa shape index (κ3) is 1.44. The molecule has 0 aliphatic carbocycles. The number of benzene rings is 1. The van der Waals surface area contributed by atoms with Gasteiger partial charge in [0, 0.05) is 0 Å². The molecule has 1 aliphatic rings. The maximum atomic E-state index is 5.22. The molecule has 0 spiro atoms. The van der Waals surface area contributed by atoms with E-state index in [9.17, 15) is 0 Å². The Morgan fingerprint density at radius 1 is 1.33 bits per heavy atom. The van der Waals surface area contributed by atoms with Crippen LogP contribution in [0.3, 0.4) is 0 Å². The van der Waals surface area contributed by atoms with Crippen LogP contribution in [0.15, 0.2) is 35.4 Å². The molecule has 0 saturated carbocycles. The van der Waals surface area contributed by atoms with Gasteiger partial charge in [-0.1, -0.05) is 30.3 Å². The van der Waals surface area contributed by atoms with E-state index in [0.717, 1.165) is 10.1 Å². The van der Waals surface area contributed by atoms with Crippen molar-refractivity contribution in [2.45, 2.75) is 6.10 Å². The molecular weight excluding hydrogens is 172 g/mol. The van der Waals surface area contributed by atoms with Gasteiger partial charge in [-0.15, -0.1) is 9.68 Å². The van der Waals surface area contributed by atoms with Gasteiger partial charge in [0.1, 0.15) is 0 Å².